The van der Waals surface area contributed by atoms with Crippen molar-refractivity contribution in [3.63, 3.8) is 0 Å². The standard InChI is InChI=1S/C23H20N2O4S/c1-4-9-29-18-8-6-7-16(11-18)10-17(13-24)20(26)12-21-19(14-25)15(3)22(30-21)23(27)28-5-2/h4,6-8,10-11H,1,5,9,12H2,2-3H3. The zero-order chi connectivity index (χ0) is 22.1. The molecule has 152 valence electrons. The van der Waals surface area contributed by atoms with Crippen LogP contribution in [0.1, 0.15) is 38.2 Å². The quantitative estimate of drug-likeness (QED) is 0.258. The molecular weight excluding hydrogens is 400 g/mol. The summed E-state index contributed by atoms with van der Waals surface area (Å²) < 4.78 is 10.5. The number of ketones is 1. The molecule has 7 heteroatoms. The molecule has 0 saturated carbocycles. The zero-order valence-electron chi connectivity index (χ0n) is 16.7. The van der Waals surface area contributed by atoms with Crippen LogP contribution < -0.4 is 4.74 Å². The maximum Gasteiger partial charge on any atom is 0.348 e. The first kappa shape index (κ1) is 22.6. The van der Waals surface area contributed by atoms with Crippen LogP contribution in [0, 0.1) is 29.6 Å². The van der Waals surface area contributed by atoms with Crippen molar-refractivity contribution < 1.29 is 19.1 Å². The Labute approximate surface area is 179 Å². The Bertz CT molecular complexity index is 1080. The first-order valence-electron chi connectivity index (χ1n) is 9.13. The molecule has 1 aromatic heterocycles. The van der Waals surface area contributed by atoms with Gasteiger partial charge in [0.2, 0.25) is 0 Å². The number of nitrogens with zero attached hydrogens (tertiary/aromatic N) is 2. The summed E-state index contributed by atoms with van der Waals surface area (Å²) in [5.41, 5.74) is 1.34. The molecule has 0 aliphatic heterocycles. The maximum atomic E-state index is 12.7. The lowest BCUT2D eigenvalue weighted by Crippen LogP contribution is -2.05. The molecule has 0 spiro atoms. The van der Waals surface area contributed by atoms with E-state index in [2.05, 4.69) is 6.58 Å². The molecule has 1 heterocycles. The van der Waals surface area contributed by atoms with Crippen molar-refractivity contribution in [2.24, 2.45) is 0 Å². The summed E-state index contributed by atoms with van der Waals surface area (Å²) in [5, 5.41) is 18.9. The van der Waals surface area contributed by atoms with E-state index in [0.717, 1.165) is 11.3 Å². The zero-order valence-corrected chi connectivity index (χ0v) is 17.5. The van der Waals surface area contributed by atoms with Gasteiger partial charge in [0.15, 0.2) is 5.78 Å². The second kappa shape index (κ2) is 10.8. The first-order valence-corrected chi connectivity index (χ1v) is 9.95. The van der Waals surface area contributed by atoms with Crippen LogP contribution in [-0.4, -0.2) is 25.0 Å². The van der Waals surface area contributed by atoms with Crippen molar-refractivity contribution in [2.45, 2.75) is 20.3 Å². The van der Waals surface area contributed by atoms with E-state index < -0.39 is 11.8 Å². The Morgan fingerprint density at radius 1 is 1.30 bits per heavy atom. The summed E-state index contributed by atoms with van der Waals surface area (Å²) in [4.78, 5) is 25.6. The molecule has 0 fully saturated rings. The number of allylic oxidation sites excluding steroid dienone is 1. The van der Waals surface area contributed by atoms with Crippen molar-refractivity contribution in [3.8, 4) is 17.9 Å². The molecular formula is C23H20N2O4S. The molecule has 0 unspecified atom stereocenters. The number of hydrogen-bond acceptors (Lipinski definition) is 7. The molecule has 0 amide bonds. The van der Waals surface area contributed by atoms with Gasteiger partial charge in [-0.1, -0.05) is 24.8 Å². The summed E-state index contributed by atoms with van der Waals surface area (Å²) in [6.07, 6.45) is 2.94. The van der Waals surface area contributed by atoms with Crippen molar-refractivity contribution in [2.75, 3.05) is 13.2 Å². The van der Waals surface area contributed by atoms with E-state index in [9.17, 15) is 20.1 Å². The van der Waals surface area contributed by atoms with Crippen LogP contribution in [0.15, 0.2) is 42.5 Å². The highest BCUT2D eigenvalue weighted by atomic mass is 32.1. The summed E-state index contributed by atoms with van der Waals surface area (Å²) in [7, 11) is 0. The van der Waals surface area contributed by atoms with Gasteiger partial charge in [-0.25, -0.2) is 4.79 Å². The Morgan fingerprint density at radius 2 is 2.07 bits per heavy atom. The normalized spacial score (nSPS) is 10.6. The molecule has 0 atom stereocenters. The fourth-order valence-electron chi connectivity index (χ4n) is 2.67. The van der Waals surface area contributed by atoms with Crippen LogP contribution in [0.4, 0.5) is 0 Å². The third-order valence-electron chi connectivity index (χ3n) is 4.07. The van der Waals surface area contributed by atoms with E-state index in [4.69, 9.17) is 9.47 Å². The Kier molecular flexibility index (Phi) is 8.10. The number of hydrogen-bond donors (Lipinski definition) is 0. The molecule has 0 bridgehead atoms. The molecule has 0 N–H and O–H groups in total. The monoisotopic (exact) mass is 420 g/mol. The molecule has 0 aliphatic carbocycles. The SMILES string of the molecule is C=CCOc1cccc(C=C(C#N)C(=O)Cc2sc(C(=O)OCC)c(C)c2C#N)c1. The van der Waals surface area contributed by atoms with Crippen LogP contribution in [0.25, 0.3) is 6.08 Å². The van der Waals surface area contributed by atoms with E-state index in [1.54, 1.807) is 44.2 Å². The van der Waals surface area contributed by atoms with Gasteiger partial charge in [-0.2, -0.15) is 10.5 Å². The maximum absolute atomic E-state index is 12.7. The number of ether oxygens (including phenoxy) is 2. The highest BCUT2D eigenvalue weighted by Crippen LogP contribution is 2.29. The van der Waals surface area contributed by atoms with Crippen LogP contribution in [0.2, 0.25) is 0 Å². The molecule has 0 radical (unpaired) electrons. The largest absolute Gasteiger partial charge is 0.490 e. The van der Waals surface area contributed by atoms with E-state index in [1.165, 1.54) is 6.08 Å². The average Bonchev–Trinajstić information content (AvgIpc) is 3.05. The van der Waals surface area contributed by atoms with Gasteiger partial charge in [0.05, 0.1) is 17.7 Å². The number of thiophene rings is 1. The minimum Gasteiger partial charge on any atom is -0.490 e. The number of Topliss-reactive ketones (excluding diaryl/α,β-unsaturated/α-hetero) is 1. The fourth-order valence-corrected chi connectivity index (χ4v) is 3.82. The number of benzene rings is 1. The van der Waals surface area contributed by atoms with Gasteiger partial charge >= 0.3 is 5.97 Å². The lowest BCUT2D eigenvalue weighted by Gasteiger charge is -2.04. The van der Waals surface area contributed by atoms with Gasteiger partial charge in [0, 0.05) is 11.3 Å². The molecule has 0 aliphatic rings. The lowest BCUT2D eigenvalue weighted by molar-refractivity contribution is -0.114. The predicted octanol–water partition coefficient (Wildman–Crippen LogP) is 4.39. The Morgan fingerprint density at radius 3 is 2.70 bits per heavy atom. The van der Waals surface area contributed by atoms with Gasteiger partial charge in [-0.05, 0) is 43.2 Å². The smallest absolute Gasteiger partial charge is 0.348 e. The summed E-state index contributed by atoms with van der Waals surface area (Å²) >= 11 is 1.05. The van der Waals surface area contributed by atoms with Gasteiger partial charge in [-0.15, -0.1) is 11.3 Å². The molecule has 30 heavy (non-hydrogen) atoms. The molecule has 2 rings (SSSR count). The van der Waals surface area contributed by atoms with E-state index in [-0.39, 0.29) is 24.2 Å². The number of carbonyl (C=O) groups excluding carboxylic acids is 2. The Balaban J connectivity index is 2.30. The summed E-state index contributed by atoms with van der Waals surface area (Å²) in [6, 6.07) is 10.9. The van der Waals surface area contributed by atoms with Gasteiger partial charge in [-0.3, -0.25) is 4.79 Å². The number of rotatable bonds is 9. The van der Waals surface area contributed by atoms with Crippen molar-refractivity contribution >= 4 is 29.2 Å². The highest BCUT2D eigenvalue weighted by Gasteiger charge is 2.23. The predicted molar refractivity (Wildman–Crippen MR) is 114 cm³/mol. The minimum absolute atomic E-state index is 0.0523. The van der Waals surface area contributed by atoms with Crippen molar-refractivity contribution in [1.29, 1.82) is 10.5 Å². The average molecular weight is 420 g/mol. The van der Waals surface area contributed by atoms with Crippen LogP contribution >= 0.6 is 11.3 Å². The second-order valence-corrected chi connectivity index (χ2v) is 7.23. The summed E-state index contributed by atoms with van der Waals surface area (Å²) in [5.74, 6) is -0.376. The molecule has 2 aromatic rings. The van der Waals surface area contributed by atoms with Gasteiger partial charge in [0.25, 0.3) is 0 Å². The number of carbonyl (C=O) groups is 2. The van der Waals surface area contributed by atoms with Crippen molar-refractivity contribution in [3.05, 3.63) is 68.9 Å². The van der Waals surface area contributed by atoms with Crippen LogP contribution in [0.5, 0.6) is 5.75 Å². The lowest BCUT2D eigenvalue weighted by atomic mass is 10.0. The Hall–Kier alpha value is -3.68. The molecule has 6 nitrogen and oxygen atoms in total. The third kappa shape index (κ3) is 5.44. The van der Waals surface area contributed by atoms with Gasteiger partial charge in [0.1, 0.15) is 29.4 Å². The number of esters is 1. The summed E-state index contributed by atoms with van der Waals surface area (Å²) in [6.45, 7) is 7.48. The minimum atomic E-state index is -0.525. The van der Waals surface area contributed by atoms with E-state index in [1.807, 2.05) is 12.1 Å². The highest BCUT2D eigenvalue weighted by molar-refractivity contribution is 7.14. The van der Waals surface area contributed by atoms with E-state index in [0.29, 0.717) is 33.2 Å². The first-order chi connectivity index (χ1) is 14.4. The molecule has 0 saturated heterocycles. The fraction of sp³-hybridized carbons (Fsp3) is 0.217. The number of nitriles is 2. The third-order valence-corrected chi connectivity index (χ3v) is 5.34. The topological polar surface area (TPSA) is 100 Å². The van der Waals surface area contributed by atoms with Gasteiger partial charge < -0.3 is 9.47 Å². The van der Waals surface area contributed by atoms with Crippen LogP contribution in [0.3, 0.4) is 0 Å². The molecule has 1 aromatic carbocycles. The second-order valence-electron chi connectivity index (χ2n) is 6.13. The van der Waals surface area contributed by atoms with Crippen molar-refractivity contribution in [1.82, 2.24) is 0 Å². The van der Waals surface area contributed by atoms with E-state index >= 15 is 0 Å². The van der Waals surface area contributed by atoms with Crippen LogP contribution in [-0.2, 0) is 16.0 Å².